The highest BCUT2D eigenvalue weighted by Crippen LogP contribution is 2.28. The van der Waals surface area contributed by atoms with Crippen LogP contribution in [0.3, 0.4) is 0 Å². The first-order valence-electron chi connectivity index (χ1n) is 6.26. The van der Waals surface area contributed by atoms with Crippen molar-refractivity contribution in [2.45, 2.75) is 20.4 Å². The molecule has 19 heavy (non-hydrogen) atoms. The third kappa shape index (κ3) is 1.76. The summed E-state index contributed by atoms with van der Waals surface area (Å²) in [6.45, 7) is 4.83. The van der Waals surface area contributed by atoms with Crippen molar-refractivity contribution in [3.05, 3.63) is 41.7 Å². The normalized spacial score (nSPS) is 11.1. The maximum absolute atomic E-state index is 10.8. The van der Waals surface area contributed by atoms with Crippen LogP contribution >= 0.6 is 0 Å². The smallest absolute Gasteiger partial charge is 0.227 e. The second-order valence-electron chi connectivity index (χ2n) is 4.45. The highest BCUT2D eigenvalue weighted by Gasteiger charge is 2.16. The molecule has 3 aromatic rings. The van der Waals surface area contributed by atoms with Crippen LogP contribution < -0.4 is 0 Å². The van der Waals surface area contributed by atoms with E-state index in [0.717, 1.165) is 23.4 Å². The predicted octanol–water partition coefficient (Wildman–Crippen LogP) is 3.44. The summed E-state index contributed by atoms with van der Waals surface area (Å²) in [7, 11) is 0. The molecular weight excluding hydrogens is 240 g/mol. The van der Waals surface area contributed by atoms with Gasteiger partial charge in [0, 0.05) is 18.2 Å². The topological polar surface area (TPSA) is 48.0 Å². The third-order valence-corrected chi connectivity index (χ3v) is 3.26. The van der Waals surface area contributed by atoms with Gasteiger partial charge in [-0.3, -0.25) is 9.36 Å². The van der Waals surface area contributed by atoms with Gasteiger partial charge >= 0.3 is 0 Å². The number of aryl methyl sites for hydroxylation is 2. The lowest BCUT2D eigenvalue weighted by Crippen LogP contribution is -1.98. The average molecular weight is 254 g/mol. The number of hydrogen-bond donors (Lipinski definition) is 0. The van der Waals surface area contributed by atoms with E-state index in [1.807, 2.05) is 29.7 Å². The van der Waals surface area contributed by atoms with E-state index in [-0.39, 0.29) is 0 Å². The highest BCUT2D eigenvalue weighted by molar-refractivity contribution is 5.83. The van der Waals surface area contributed by atoms with E-state index >= 15 is 0 Å². The minimum Gasteiger partial charge on any atom is -0.435 e. The van der Waals surface area contributed by atoms with E-state index < -0.39 is 0 Å². The zero-order valence-electron chi connectivity index (χ0n) is 10.9. The molecule has 0 saturated carbocycles. The van der Waals surface area contributed by atoms with Crippen molar-refractivity contribution in [2.24, 2.45) is 0 Å². The Bertz CT molecular complexity index is 753. The molecule has 0 bridgehead atoms. The number of hydrogen-bond acceptors (Lipinski definition) is 3. The van der Waals surface area contributed by atoms with Crippen LogP contribution in [0.4, 0.5) is 0 Å². The minimum atomic E-state index is 0.316. The van der Waals surface area contributed by atoms with Crippen molar-refractivity contribution in [2.75, 3.05) is 0 Å². The van der Waals surface area contributed by atoms with Gasteiger partial charge in [-0.1, -0.05) is 24.3 Å². The Kier molecular flexibility index (Phi) is 2.71. The second-order valence-corrected chi connectivity index (χ2v) is 4.45. The molecule has 0 amide bonds. The van der Waals surface area contributed by atoms with Gasteiger partial charge in [0.15, 0.2) is 12.0 Å². The number of aromatic nitrogens is 2. The van der Waals surface area contributed by atoms with Gasteiger partial charge in [0.05, 0.1) is 0 Å². The molecule has 0 aliphatic carbocycles. The fourth-order valence-electron chi connectivity index (χ4n) is 2.31. The number of rotatable bonds is 3. The lowest BCUT2D eigenvalue weighted by atomic mass is 10.1. The Morgan fingerprint density at radius 1 is 1.37 bits per heavy atom. The summed E-state index contributed by atoms with van der Waals surface area (Å²) >= 11 is 0. The van der Waals surface area contributed by atoms with Gasteiger partial charge in [-0.15, -0.1) is 0 Å². The van der Waals surface area contributed by atoms with Crippen LogP contribution in [0.1, 0.15) is 23.0 Å². The number of fused-ring (bicyclic) bond motifs is 1. The lowest BCUT2D eigenvalue weighted by molar-refractivity contribution is 0.110. The zero-order chi connectivity index (χ0) is 13.4. The van der Waals surface area contributed by atoms with Crippen molar-refractivity contribution in [3.63, 3.8) is 0 Å². The largest absolute Gasteiger partial charge is 0.435 e. The van der Waals surface area contributed by atoms with Crippen LogP contribution in [0.25, 0.3) is 22.6 Å². The molecule has 0 radical (unpaired) electrons. The quantitative estimate of drug-likeness (QED) is 0.673. The van der Waals surface area contributed by atoms with E-state index in [4.69, 9.17) is 4.42 Å². The van der Waals surface area contributed by atoms with E-state index in [1.165, 1.54) is 5.56 Å². The lowest BCUT2D eigenvalue weighted by Gasteiger charge is -2.07. The van der Waals surface area contributed by atoms with Crippen molar-refractivity contribution in [1.82, 2.24) is 9.55 Å². The fraction of sp³-hybridized carbons (Fsp3) is 0.200. The molecule has 4 nitrogen and oxygen atoms in total. The molecule has 0 saturated heterocycles. The molecule has 0 fully saturated rings. The SMILES string of the molecule is CCn1c(-c2ccccc2C)nc2cc(C=O)oc21. The predicted molar refractivity (Wildman–Crippen MR) is 73.2 cm³/mol. The van der Waals surface area contributed by atoms with E-state index in [2.05, 4.69) is 18.0 Å². The maximum atomic E-state index is 10.8. The standard InChI is InChI=1S/C15H14N2O2/c1-3-17-14(12-7-5-4-6-10(12)2)16-13-8-11(9-18)19-15(13)17/h4-9H,3H2,1-2H3. The van der Waals surface area contributed by atoms with Gasteiger partial charge in [0.1, 0.15) is 11.3 Å². The van der Waals surface area contributed by atoms with Crippen LogP contribution in [-0.2, 0) is 6.54 Å². The molecule has 0 aliphatic rings. The molecule has 3 rings (SSSR count). The Balaban J connectivity index is 2.27. The zero-order valence-corrected chi connectivity index (χ0v) is 10.9. The van der Waals surface area contributed by atoms with E-state index in [9.17, 15) is 4.79 Å². The molecule has 0 spiro atoms. The summed E-state index contributed by atoms with van der Waals surface area (Å²) < 4.78 is 7.50. The first-order valence-corrected chi connectivity index (χ1v) is 6.26. The average Bonchev–Trinajstić information content (AvgIpc) is 2.95. The van der Waals surface area contributed by atoms with Crippen LogP contribution in [0.15, 0.2) is 34.7 Å². The Hall–Kier alpha value is -2.36. The molecule has 2 aromatic heterocycles. The summed E-state index contributed by atoms with van der Waals surface area (Å²) in [5.74, 6) is 1.20. The third-order valence-electron chi connectivity index (χ3n) is 3.26. The van der Waals surface area contributed by atoms with E-state index in [1.54, 1.807) is 6.07 Å². The number of carbonyl (C=O) groups excluding carboxylic acids is 1. The number of aldehydes is 1. The molecule has 1 aromatic carbocycles. The minimum absolute atomic E-state index is 0.316. The van der Waals surface area contributed by atoms with Gasteiger partial charge in [0.2, 0.25) is 5.71 Å². The Labute approximate surface area is 110 Å². The Morgan fingerprint density at radius 3 is 2.84 bits per heavy atom. The summed E-state index contributed by atoms with van der Waals surface area (Å²) in [6, 6.07) is 9.78. The van der Waals surface area contributed by atoms with Crippen LogP contribution in [0.2, 0.25) is 0 Å². The molecule has 4 heteroatoms. The van der Waals surface area contributed by atoms with Crippen LogP contribution in [0.5, 0.6) is 0 Å². The van der Waals surface area contributed by atoms with Crippen molar-refractivity contribution < 1.29 is 9.21 Å². The van der Waals surface area contributed by atoms with Crippen LogP contribution in [0, 0.1) is 6.92 Å². The molecule has 2 heterocycles. The van der Waals surface area contributed by atoms with Crippen LogP contribution in [-0.4, -0.2) is 15.8 Å². The first-order chi connectivity index (χ1) is 9.24. The summed E-state index contributed by atoms with van der Waals surface area (Å²) in [5.41, 5.74) is 3.63. The Morgan fingerprint density at radius 2 is 2.16 bits per heavy atom. The van der Waals surface area contributed by atoms with Crippen molar-refractivity contribution >= 4 is 17.5 Å². The maximum Gasteiger partial charge on any atom is 0.227 e. The van der Waals surface area contributed by atoms with Gasteiger partial charge in [-0.25, -0.2) is 4.98 Å². The van der Waals surface area contributed by atoms with Gasteiger partial charge < -0.3 is 4.42 Å². The van der Waals surface area contributed by atoms with Crippen molar-refractivity contribution in [1.29, 1.82) is 0 Å². The molecule has 0 unspecified atom stereocenters. The number of nitrogens with zero attached hydrogens (tertiary/aromatic N) is 2. The van der Waals surface area contributed by atoms with Crippen molar-refractivity contribution in [3.8, 4) is 11.4 Å². The number of imidazole rings is 1. The first kappa shape index (κ1) is 11.7. The number of furan rings is 1. The molecule has 0 N–H and O–H groups in total. The molecular formula is C15H14N2O2. The summed E-state index contributed by atoms with van der Waals surface area (Å²) in [6.07, 6.45) is 0.703. The second kappa shape index (κ2) is 4.39. The van der Waals surface area contributed by atoms with Gasteiger partial charge in [0.25, 0.3) is 0 Å². The molecule has 0 atom stereocenters. The summed E-state index contributed by atoms with van der Waals surface area (Å²) in [5, 5.41) is 0. The molecule has 96 valence electrons. The van der Waals surface area contributed by atoms with Gasteiger partial charge in [-0.2, -0.15) is 0 Å². The number of carbonyl (C=O) groups is 1. The fourth-order valence-corrected chi connectivity index (χ4v) is 2.31. The monoisotopic (exact) mass is 254 g/mol. The molecule has 0 aliphatic heterocycles. The summed E-state index contributed by atoms with van der Waals surface area (Å²) in [4.78, 5) is 15.3. The highest BCUT2D eigenvalue weighted by atomic mass is 16.4. The van der Waals surface area contributed by atoms with E-state index in [0.29, 0.717) is 17.8 Å². The number of benzene rings is 1. The van der Waals surface area contributed by atoms with Gasteiger partial charge in [-0.05, 0) is 19.4 Å².